The van der Waals surface area contributed by atoms with E-state index in [4.69, 9.17) is 11.6 Å². The van der Waals surface area contributed by atoms with Crippen molar-refractivity contribution in [2.45, 2.75) is 25.3 Å². The van der Waals surface area contributed by atoms with Crippen molar-refractivity contribution in [2.75, 3.05) is 5.32 Å². The smallest absolute Gasteiger partial charge is 0.285 e. The molecule has 0 spiro atoms. The quantitative estimate of drug-likeness (QED) is 0.369. The van der Waals surface area contributed by atoms with E-state index in [0.717, 1.165) is 11.1 Å². The SMILES string of the molecule is Cc1ccc(S(=O)(=O)NC(=O)c2cn(Cc3ccc(NC(=O)c4ccccc4)cc3Cl)c(C)n2)cc1. The molecule has 0 aliphatic carbocycles. The summed E-state index contributed by atoms with van der Waals surface area (Å²) < 4.78 is 28.8. The third-order valence-corrected chi connectivity index (χ3v) is 7.15. The van der Waals surface area contributed by atoms with Crippen LogP contribution < -0.4 is 10.0 Å². The summed E-state index contributed by atoms with van der Waals surface area (Å²) in [6.07, 6.45) is 1.47. The van der Waals surface area contributed by atoms with Gasteiger partial charge in [-0.1, -0.05) is 53.6 Å². The maximum atomic E-state index is 12.6. The Morgan fingerprint density at radius 3 is 2.31 bits per heavy atom. The average Bonchev–Trinajstić information content (AvgIpc) is 3.21. The van der Waals surface area contributed by atoms with Crippen molar-refractivity contribution in [2.24, 2.45) is 0 Å². The third-order valence-electron chi connectivity index (χ3n) is 5.45. The predicted octanol–water partition coefficient (Wildman–Crippen LogP) is 4.57. The summed E-state index contributed by atoms with van der Waals surface area (Å²) in [4.78, 5) is 29.2. The Hall–Kier alpha value is -3.95. The van der Waals surface area contributed by atoms with E-state index >= 15 is 0 Å². The molecule has 8 nitrogen and oxygen atoms in total. The Bertz CT molecular complexity index is 1530. The van der Waals surface area contributed by atoms with E-state index in [9.17, 15) is 18.0 Å². The van der Waals surface area contributed by atoms with Gasteiger partial charge in [0.15, 0.2) is 0 Å². The van der Waals surface area contributed by atoms with Crippen molar-refractivity contribution in [3.63, 3.8) is 0 Å². The van der Waals surface area contributed by atoms with Crippen LogP contribution >= 0.6 is 11.6 Å². The van der Waals surface area contributed by atoms with E-state index in [0.29, 0.717) is 28.6 Å². The summed E-state index contributed by atoms with van der Waals surface area (Å²) in [5.74, 6) is -0.575. The normalized spacial score (nSPS) is 11.2. The molecule has 4 aromatic rings. The largest absolute Gasteiger partial charge is 0.330 e. The molecule has 2 N–H and O–H groups in total. The number of amides is 2. The van der Waals surface area contributed by atoms with Gasteiger partial charge in [0.2, 0.25) is 0 Å². The van der Waals surface area contributed by atoms with E-state index in [1.165, 1.54) is 18.3 Å². The number of aromatic nitrogens is 2. The van der Waals surface area contributed by atoms with E-state index in [2.05, 4.69) is 15.0 Å². The van der Waals surface area contributed by atoms with Crippen LogP contribution in [0.15, 0.2) is 83.9 Å². The molecule has 0 saturated carbocycles. The van der Waals surface area contributed by atoms with Crippen molar-refractivity contribution in [1.29, 1.82) is 0 Å². The van der Waals surface area contributed by atoms with Crippen LogP contribution in [0.2, 0.25) is 5.02 Å². The van der Waals surface area contributed by atoms with Gasteiger partial charge in [-0.05, 0) is 55.8 Å². The van der Waals surface area contributed by atoms with E-state index in [1.807, 2.05) is 13.0 Å². The van der Waals surface area contributed by atoms with Crippen molar-refractivity contribution in [3.8, 4) is 0 Å². The first kappa shape index (κ1) is 25.2. The van der Waals surface area contributed by atoms with Gasteiger partial charge in [0.25, 0.3) is 21.8 Å². The summed E-state index contributed by atoms with van der Waals surface area (Å²) in [6, 6.07) is 20.1. The molecule has 2 amide bonds. The number of nitrogens with one attached hydrogen (secondary N) is 2. The van der Waals surface area contributed by atoms with Crippen molar-refractivity contribution < 1.29 is 18.0 Å². The molecule has 1 heterocycles. The maximum Gasteiger partial charge on any atom is 0.285 e. The number of halogens is 1. The summed E-state index contributed by atoms with van der Waals surface area (Å²) in [7, 11) is -4.03. The van der Waals surface area contributed by atoms with Crippen LogP contribution in [0.4, 0.5) is 5.69 Å². The zero-order valence-corrected chi connectivity index (χ0v) is 21.1. The average molecular weight is 523 g/mol. The molecule has 10 heteroatoms. The van der Waals surface area contributed by atoms with Gasteiger partial charge >= 0.3 is 0 Å². The number of rotatable bonds is 7. The zero-order valence-electron chi connectivity index (χ0n) is 19.5. The van der Waals surface area contributed by atoms with Gasteiger partial charge in [-0.25, -0.2) is 18.1 Å². The fraction of sp³-hybridized carbons (Fsp3) is 0.115. The minimum Gasteiger partial charge on any atom is -0.330 e. The summed E-state index contributed by atoms with van der Waals surface area (Å²) in [6.45, 7) is 3.83. The zero-order chi connectivity index (χ0) is 25.9. The number of aryl methyl sites for hydroxylation is 2. The highest BCUT2D eigenvalue weighted by atomic mass is 35.5. The molecule has 0 atom stereocenters. The van der Waals surface area contributed by atoms with Gasteiger partial charge < -0.3 is 9.88 Å². The first-order chi connectivity index (χ1) is 17.1. The fourth-order valence-corrected chi connectivity index (χ4v) is 4.66. The van der Waals surface area contributed by atoms with Gasteiger partial charge in [0.1, 0.15) is 11.5 Å². The van der Waals surface area contributed by atoms with Gasteiger partial charge in [-0.2, -0.15) is 0 Å². The molecule has 0 unspecified atom stereocenters. The van der Waals surface area contributed by atoms with Gasteiger partial charge in [-0.3, -0.25) is 9.59 Å². The summed E-state index contributed by atoms with van der Waals surface area (Å²) in [5.41, 5.74) is 2.67. The number of carbonyl (C=O) groups excluding carboxylic acids is 2. The Morgan fingerprint density at radius 2 is 1.64 bits per heavy atom. The van der Waals surface area contributed by atoms with E-state index < -0.39 is 15.9 Å². The Balaban J connectivity index is 1.46. The van der Waals surface area contributed by atoms with Crippen LogP contribution in [0.25, 0.3) is 0 Å². The highest BCUT2D eigenvalue weighted by Crippen LogP contribution is 2.23. The third kappa shape index (κ3) is 5.81. The predicted molar refractivity (Wildman–Crippen MR) is 138 cm³/mol. The molecule has 36 heavy (non-hydrogen) atoms. The van der Waals surface area contributed by atoms with Gasteiger partial charge in [-0.15, -0.1) is 0 Å². The van der Waals surface area contributed by atoms with E-state index in [-0.39, 0.29) is 16.5 Å². The number of hydrogen-bond donors (Lipinski definition) is 2. The highest BCUT2D eigenvalue weighted by Gasteiger charge is 2.21. The second-order valence-corrected chi connectivity index (χ2v) is 10.3. The monoisotopic (exact) mass is 522 g/mol. The molecule has 0 saturated heterocycles. The second kappa shape index (κ2) is 10.3. The molecule has 3 aromatic carbocycles. The van der Waals surface area contributed by atoms with Crippen LogP contribution in [0.5, 0.6) is 0 Å². The minimum absolute atomic E-state index is 0.0103. The molecule has 0 aliphatic rings. The summed E-state index contributed by atoms with van der Waals surface area (Å²) >= 11 is 6.45. The van der Waals surface area contributed by atoms with Crippen LogP contribution in [0, 0.1) is 13.8 Å². The Morgan fingerprint density at radius 1 is 0.944 bits per heavy atom. The van der Waals surface area contributed by atoms with Crippen LogP contribution in [-0.2, 0) is 16.6 Å². The fourth-order valence-electron chi connectivity index (χ4n) is 3.46. The lowest BCUT2D eigenvalue weighted by molar-refractivity contribution is 0.0975. The molecular formula is C26H23ClN4O4S. The van der Waals surface area contributed by atoms with Crippen LogP contribution in [0.3, 0.4) is 0 Å². The molecule has 0 radical (unpaired) electrons. The minimum atomic E-state index is -4.03. The second-order valence-electron chi connectivity index (χ2n) is 8.18. The lowest BCUT2D eigenvalue weighted by atomic mass is 10.1. The number of carbonyl (C=O) groups is 2. The van der Waals surface area contributed by atoms with E-state index in [1.54, 1.807) is 66.1 Å². The molecule has 4 rings (SSSR count). The number of benzene rings is 3. The Kier molecular flexibility index (Phi) is 7.23. The van der Waals surface area contributed by atoms with Crippen molar-refractivity contribution in [1.82, 2.24) is 14.3 Å². The van der Waals surface area contributed by atoms with Crippen LogP contribution in [-0.4, -0.2) is 29.8 Å². The number of nitrogens with zero attached hydrogens (tertiary/aromatic N) is 2. The van der Waals surface area contributed by atoms with Gasteiger partial charge in [0, 0.05) is 22.5 Å². The number of sulfonamides is 1. The Labute approximate surface area is 214 Å². The summed E-state index contributed by atoms with van der Waals surface area (Å²) in [5, 5.41) is 3.22. The first-order valence-corrected chi connectivity index (χ1v) is 12.8. The lowest BCUT2D eigenvalue weighted by Crippen LogP contribution is -2.30. The number of imidazole rings is 1. The molecule has 0 fully saturated rings. The lowest BCUT2D eigenvalue weighted by Gasteiger charge is -2.10. The molecule has 1 aromatic heterocycles. The standard InChI is InChI=1S/C26H23ClN4O4S/c1-17-8-12-22(13-9-17)36(34,35)30-26(33)24-16-31(18(2)28-24)15-20-10-11-21(14-23(20)27)29-25(32)19-6-4-3-5-7-19/h3-14,16H,15H2,1-2H3,(H,29,32)(H,30,33). The first-order valence-electron chi connectivity index (χ1n) is 10.9. The topological polar surface area (TPSA) is 110 Å². The van der Waals surface area contributed by atoms with Crippen LogP contribution in [0.1, 0.15) is 37.8 Å². The molecule has 184 valence electrons. The number of anilines is 1. The van der Waals surface area contributed by atoms with Crippen molar-refractivity contribution in [3.05, 3.63) is 112 Å². The molecule has 0 bridgehead atoms. The molecular weight excluding hydrogens is 500 g/mol. The van der Waals surface area contributed by atoms with Crippen molar-refractivity contribution >= 4 is 39.1 Å². The van der Waals surface area contributed by atoms with Gasteiger partial charge in [0.05, 0.1) is 11.4 Å². The number of hydrogen-bond acceptors (Lipinski definition) is 5. The highest BCUT2D eigenvalue weighted by molar-refractivity contribution is 7.90. The molecule has 0 aliphatic heterocycles. The maximum absolute atomic E-state index is 12.6.